The Kier molecular flexibility index (Phi) is 1.25. The molecule has 0 N–H and O–H groups in total. The smallest absolute Gasteiger partial charge is 0.218 e. The van der Waals surface area contributed by atoms with Crippen LogP contribution in [0.3, 0.4) is 0 Å². The van der Waals surface area contributed by atoms with Gasteiger partial charge >= 0.3 is 0 Å². The van der Waals surface area contributed by atoms with Crippen molar-refractivity contribution in [2.45, 2.75) is 6.54 Å². The first-order chi connectivity index (χ1) is 5.29. The molecule has 3 heteroatoms. The van der Waals surface area contributed by atoms with Crippen LogP contribution in [0.4, 0.5) is 0 Å². The van der Waals surface area contributed by atoms with Crippen molar-refractivity contribution in [1.82, 2.24) is 9.79 Å². The predicted octanol–water partition coefficient (Wildman–Crippen LogP) is 0.416. The number of hydrogen-bond donors (Lipinski definition) is 0. The van der Waals surface area contributed by atoms with Gasteiger partial charge in [0.1, 0.15) is 0 Å². The summed E-state index contributed by atoms with van der Waals surface area (Å²) in [5, 5.41) is 0. The first kappa shape index (κ1) is 6.46. The molecule has 0 radical (unpaired) electrons. The van der Waals surface area contributed by atoms with Crippen LogP contribution in [0.1, 0.15) is 11.3 Å². The third-order valence-electron chi connectivity index (χ3n) is 2.05. The van der Waals surface area contributed by atoms with Crippen molar-refractivity contribution in [2.24, 2.45) is 0 Å². The second-order valence-corrected chi connectivity index (χ2v) is 2.80. The molecule has 0 aliphatic carbocycles. The van der Waals surface area contributed by atoms with Crippen molar-refractivity contribution in [2.75, 3.05) is 0 Å². The summed E-state index contributed by atoms with van der Waals surface area (Å²) in [5.41, 5.74) is 3.41. The van der Waals surface area contributed by atoms with Gasteiger partial charge in [0.25, 0.3) is 0 Å². The Bertz CT molecular complexity index is 309. The Balaban J connectivity index is 2.55. The molecule has 2 nitrogen and oxygen atoms in total. The number of rotatable bonds is 0. The van der Waals surface area contributed by atoms with Crippen molar-refractivity contribution in [3.05, 3.63) is 36.2 Å². The van der Waals surface area contributed by atoms with Gasteiger partial charge in [0.15, 0.2) is 0 Å². The number of fused-ring (bicyclic) bond motifs is 1. The lowest BCUT2D eigenvalue weighted by atomic mass is 10.2. The van der Waals surface area contributed by atoms with E-state index in [4.69, 9.17) is 0 Å². The number of aromatic nitrogens is 1. The first-order valence-electron chi connectivity index (χ1n) is 3.63. The van der Waals surface area contributed by atoms with E-state index in [0.717, 1.165) is 17.9 Å². The van der Waals surface area contributed by atoms with E-state index in [1.54, 1.807) is 0 Å². The lowest BCUT2D eigenvalue weighted by Gasteiger charge is -2.10. The zero-order valence-corrected chi connectivity index (χ0v) is 6.54. The largest absolute Gasteiger partial charge is 0.417 e. The third-order valence-corrected chi connectivity index (χ3v) is 2.05. The van der Waals surface area contributed by atoms with Gasteiger partial charge in [-0.1, -0.05) is 6.58 Å². The fourth-order valence-corrected chi connectivity index (χ4v) is 1.35. The normalized spacial score (nSPS) is 15.3. The quantitative estimate of drug-likeness (QED) is 0.490. The first-order valence-corrected chi connectivity index (χ1v) is 3.63. The van der Waals surface area contributed by atoms with E-state index in [1.165, 1.54) is 5.56 Å². The van der Waals surface area contributed by atoms with E-state index in [2.05, 4.69) is 22.4 Å². The average molecular weight is 144 g/mol. The Morgan fingerprint density at radius 2 is 2.45 bits per heavy atom. The summed E-state index contributed by atoms with van der Waals surface area (Å²) in [5.74, 6) is 0. The minimum Gasteiger partial charge on any atom is -0.417 e. The van der Waals surface area contributed by atoms with Crippen molar-refractivity contribution < 1.29 is 0 Å². The van der Waals surface area contributed by atoms with Crippen LogP contribution in [0.15, 0.2) is 24.9 Å². The number of hydrogen-bond acceptors (Lipinski definition) is 2. The topological polar surface area (TPSA) is 16.1 Å². The molecule has 2 heterocycles. The molecule has 1 aliphatic heterocycles. The molecule has 1 aromatic rings. The summed E-state index contributed by atoms with van der Waals surface area (Å²) >= 11 is 0. The summed E-state index contributed by atoms with van der Waals surface area (Å²) in [6.07, 6.45) is 1.82. The fraction of sp³-hybridized carbons (Fsp3) is 0.125. The monoisotopic (exact) mass is 144 g/mol. The fourth-order valence-electron chi connectivity index (χ4n) is 1.35. The zero-order chi connectivity index (χ0) is 7.84. The molecule has 0 saturated heterocycles. The molecule has 0 amide bonds. The molecule has 0 aromatic carbocycles. The van der Waals surface area contributed by atoms with Crippen molar-refractivity contribution >= 4 is 13.7 Å². The average Bonchev–Trinajstić information content (AvgIpc) is 2.30. The second kappa shape index (κ2) is 2.12. The molecule has 0 saturated carbocycles. The Morgan fingerprint density at radius 3 is 3.18 bits per heavy atom. The van der Waals surface area contributed by atoms with Crippen LogP contribution >= 0.6 is 0 Å². The summed E-state index contributed by atoms with van der Waals surface area (Å²) in [6.45, 7) is 4.86. The van der Waals surface area contributed by atoms with Gasteiger partial charge in [0.05, 0.1) is 5.69 Å². The summed E-state index contributed by atoms with van der Waals surface area (Å²) in [6, 6.07) is 4.01. The molecular formula is C8H9BN2. The van der Waals surface area contributed by atoms with Gasteiger partial charge in [-0.05, 0) is 12.1 Å². The van der Waals surface area contributed by atoms with Crippen molar-refractivity contribution in [3.63, 3.8) is 0 Å². The minimum atomic E-state index is 0.898. The van der Waals surface area contributed by atoms with Crippen LogP contribution in [0, 0.1) is 0 Å². The SMILES string of the molecule is BN1Cc2ncccc2C1=C. The molecule has 1 aromatic heterocycles. The van der Waals surface area contributed by atoms with E-state index >= 15 is 0 Å². The predicted molar refractivity (Wildman–Crippen MR) is 47.4 cm³/mol. The Labute approximate surface area is 67.0 Å². The minimum absolute atomic E-state index is 0.898. The van der Waals surface area contributed by atoms with Crippen molar-refractivity contribution in [3.8, 4) is 0 Å². The number of pyridine rings is 1. The van der Waals surface area contributed by atoms with Gasteiger partial charge in [0, 0.05) is 24.0 Å². The van der Waals surface area contributed by atoms with E-state index in [0.29, 0.717) is 0 Å². The molecule has 0 unspecified atom stereocenters. The van der Waals surface area contributed by atoms with E-state index in [1.807, 2.05) is 20.2 Å². The highest BCUT2D eigenvalue weighted by Crippen LogP contribution is 2.26. The molecule has 0 fully saturated rings. The highest BCUT2D eigenvalue weighted by molar-refractivity contribution is 6.10. The van der Waals surface area contributed by atoms with Gasteiger partial charge in [-0.15, -0.1) is 0 Å². The lowest BCUT2D eigenvalue weighted by molar-refractivity contribution is 0.648. The third kappa shape index (κ3) is 0.844. The van der Waals surface area contributed by atoms with Crippen LogP contribution in [-0.4, -0.2) is 17.8 Å². The van der Waals surface area contributed by atoms with Crippen LogP contribution in [-0.2, 0) is 6.54 Å². The van der Waals surface area contributed by atoms with Crippen LogP contribution < -0.4 is 0 Å². The second-order valence-electron chi connectivity index (χ2n) is 2.80. The molecule has 0 bridgehead atoms. The highest BCUT2D eigenvalue weighted by Gasteiger charge is 2.18. The summed E-state index contributed by atoms with van der Waals surface area (Å²) in [7, 11) is 2.03. The van der Waals surface area contributed by atoms with Crippen LogP contribution in [0.2, 0.25) is 0 Å². The van der Waals surface area contributed by atoms with E-state index in [9.17, 15) is 0 Å². The van der Waals surface area contributed by atoms with Crippen LogP contribution in [0.5, 0.6) is 0 Å². The molecule has 54 valence electrons. The molecule has 0 spiro atoms. The zero-order valence-electron chi connectivity index (χ0n) is 6.54. The lowest BCUT2D eigenvalue weighted by Crippen LogP contribution is -2.08. The van der Waals surface area contributed by atoms with Gasteiger partial charge in [0.2, 0.25) is 7.98 Å². The molecule has 0 atom stereocenters. The maximum Gasteiger partial charge on any atom is 0.218 e. The van der Waals surface area contributed by atoms with Gasteiger partial charge in [-0.2, -0.15) is 0 Å². The molecule has 11 heavy (non-hydrogen) atoms. The van der Waals surface area contributed by atoms with Crippen molar-refractivity contribution in [1.29, 1.82) is 0 Å². The molecule has 2 rings (SSSR count). The maximum atomic E-state index is 4.26. The molecule has 1 aliphatic rings. The van der Waals surface area contributed by atoms with E-state index < -0.39 is 0 Å². The van der Waals surface area contributed by atoms with Gasteiger partial charge in [-0.3, -0.25) is 4.98 Å². The summed E-state index contributed by atoms with van der Waals surface area (Å²) < 4.78 is 0. The number of nitrogens with zero attached hydrogens (tertiary/aromatic N) is 2. The van der Waals surface area contributed by atoms with E-state index in [-0.39, 0.29) is 0 Å². The highest BCUT2D eigenvalue weighted by atomic mass is 15.1. The molecular weight excluding hydrogens is 135 g/mol. The van der Waals surface area contributed by atoms with Crippen LogP contribution in [0.25, 0.3) is 5.70 Å². The Hall–Kier alpha value is -1.25. The standard InChI is InChI=1S/C8H9BN2/c1-6-7-3-2-4-10-8(7)5-11(6)9/h2-4H,1,5,9H2. The van der Waals surface area contributed by atoms with Gasteiger partial charge < -0.3 is 4.81 Å². The summed E-state index contributed by atoms with van der Waals surface area (Å²) in [4.78, 5) is 6.37. The Morgan fingerprint density at radius 1 is 1.64 bits per heavy atom. The maximum absolute atomic E-state index is 4.26. The van der Waals surface area contributed by atoms with Gasteiger partial charge in [-0.25, -0.2) is 0 Å².